The maximum absolute atomic E-state index is 13.4. The van der Waals surface area contributed by atoms with E-state index < -0.39 is 16.6 Å². The van der Waals surface area contributed by atoms with Crippen LogP contribution in [-0.2, 0) is 4.74 Å². The third-order valence-electron chi connectivity index (χ3n) is 5.57. The van der Waals surface area contributed by atoms with E-state index in [1.165, 1.54) is 12.1 Å². The molecule has 0 bridgehead atoms. The lowest BCUT2D eigenvalue weighted by Crippen LogP contribution is -2.51. The summed E-state index contributed by atoms with van der Waals surface area (Å²) in [7, 11) is 0. The van der Waals surface area contributed by atoms with Crippen LogP contribution in [0.3, 0.4) is 0 Å². The number of carbonyl (C=O) groups is 2. The van der Waals surface area contributed by atoms with E-state index >= 15 is 0 Å². The molecule has 0 unspecified atom stereocenters. The summed E-state index contributed by atoms with van der Waals surface area (Å²) in [5.41, 5.74) is 0.417. The highest BCUT2D eigenvalue weighted by molar-refractivity contribution is 6.00. The van der Waals surface area contributed by atoms with Crippen LogP contribution in [-0.4, -0.2) is 65.3 Å². The molecule has 2 heterocycles. The molecule has 184 valence electrons. The number of nitro groups is 1. The number of hydrogen-bond acceptors (Lipinski definition) is 7. The largest absolute Gasteiger partial charge is 0.454 e. The van der Waals surface area contributed by atoms with Gasteiger partial charge in [-0.2, -0.15) is 0 Å². The number of amides is 2. The first-order valence-corrected chi connectivity index (χ1v) is 11.2. The molecule has 2 aromatic rings. The Bertz CT molecular complexity index is 1180. The van der Waals surface area contributed by atoms with Crippen molar-refractivity contribution in [1.82, 2.24) is 9.80 Å². The van der Waals surface area contributed by atoms with Gasteiger partial charge in [0, 0.05) is 32.2 Å². The molecule has 4 rings (SSSR count). The molecule has 0 saturated carbocycles. The highest BCUT2D eigenvalue weighted by atomic mass is 16.7. The minimum atomic E-state index is -0.605. The number of nitro benzene ring substituents is 1. The Kier molecular flexibility index (Phi) is 6.63. The zero-order valence-corrected chi connectivity index (χ0v) is 19.9. The van der Waals surface area contributed by atoms with Crippen LogP contribution in [0, 0.1) is 10.1 Å². The van der Waals surface area contributed by atoms with Gasteiger partial charge in [-0.3, -0.25) is 14.9 Å². The number of piperazine rings is 1. The van der Waals surface area contributed by atoms with E-state index in [4.69, 9.17) is 14.2 Å². The summed E-state index contributed by atoms with van der Waals surface area (Å²) in [5, 5.41) is 11.7. The van der Waals surface area contributed by atoms with Gasteiger partial charge in [0.15, 0.2) is 11.5 Å². The normalized spacial score (nSPS) is 15.4. The van der Waals surface area contributed by atoms with Crippen LogP contribution in [0.5, 0.6) is 11.5 Å². The van der Waals surface area contributed by atoms with Crippen molar-refractivity contribution in [2.24, 2.45) is 0 Å². The third-order valence-corrected chi connectivity index (χ3v) is 5.57. The number of nitrogens with zero attached hydrogens (tertiary/aromatic N) is 3. The Morgan fingerprint density at radius 2 is 1.69 bits per heavy atom. The Hall–Kier alpha value is -4.08. The number of carbonyl (C=O) groups excluding carboxylic acids is 2. The van der Waals surface area contributed by atoms with Gasteiger partial charge in [-0.05, 0) is 50.6 Å². The van der Waals surface area contributed by atoms with Crippen LogP contribution >= 0.6 is 0 Å². The average molecular weight is 482 g/mol. The van der Waals surface area contributed by atoms with Crippen LogP contribution in [0.25, 0.3) is 12.2 Å². The predicted octanol–water partition coefficient (Wildman–Crippen LogP) is 4.19. The predicted molar refractivity (Wildman–Crippen MR) is 128 cm³/mol. The first kappa shape index (κ1) is 24.1. The van der Waals surface area contributed by atoms with Crippen molar-refractivity contribution in [2.45, 2.75) is 26.4 Å². The maximum atomic E-state index is 13.4. The molecule has 0 radical (unpaired) electrons. The number of fused-ring (bicyclic) bond motifs is 1. The monoisotopic (exact) mass is 481 g/mol. The average Bonchev–Trinajstić information content (AvgIpc) is 3.29. The summed E-state index contributed by atoms with van der Waals surface area (Å²) in [5.74, 6) is 0.894. The molecular formula is C25H27N3O7. The highest BCUT2D eigenvalue weighted by Gasteiger charge is 2.30. The Balaban J connectivity index is 1.54. The molecule has 0 aliphatic carbocycles. The van der Waals surface area contributed by atoms with Gasteiger partial charge in [0.25, 0.3) is 11.6 Å². The molecule has 2 amide bonds. The van der Waals surface area contributed by atoms with Crippen molar-refractivity contribution in [3.63, 3.8) is 0 Å². The Morgan fingerprint density at radius 3 is 2.37 bits per heavy atom. The molecule has 2 aromatic carbocycles. The van der Waals surface area contributed by atoms with Crippen LogP contribution in [0.15, 0.2) is 36.4 Å². The van der Waals surface area contributed by atoms with Gasteiger partial charge < -0.3 is 24.0 Å². The van der Waals surface area contributed by atoms with E-state index in [1.54, 1.807) is 67.0 Å². The zero-order chi connectivity index (χ0) is 25.2. The lowest BCUT2D eigenvalue weighted by Gasteiger charge is -2.35. The SMILES string of the molecule is CC(C)(C)OC(=O)N1CCN(C(=O)c2cccc([N+](=O)[O-])c2/C=C/c2ccc3c(c2)OCO3)CC1. The molecule has 2 aliphatic heterocycles. The van der Waals surface area contributed by atoms with Crippen LogP contribution in [0.4, 0.5) is 10.5 Å². The second-order valence-electron chi connectivity index (χ2n) is 9.20. The molecule has 35 heavy (non-hydrogen) atoms. The lowest BCUT2D eigenvalue weighted by atomic mass is 10.0. The second kappa shape index (κ2) is 9.65. The number of hydrogen-bond donors (Lipinski definition) is 0. The third kappa shape index (κ3) is 5.53. The van der Waals surface area contributed by atoms with Crippen molar-refractivity contribution >= 4 is 29.8 Å². The van der Waals surface area contributed by atoms with Crippen molar-refractivity contribution in [2.75, 3.05) is 33.0 Å². The van der Waals surface area contributed by atoms with Crippen molar-refractivity contribution < 1.29 is 28.7 Å². The van der Waals surface area contributed by atoms with Gasteiger partial charge in [-0.15, -0.1) is 0 Å². The summed E-state index contributed by atoms with van der Waals surface area (Å²) in [6.45, 7) is 6.77. The van der Waals surface area contributed by atoms with Crippen LogP contribution in [0.2, 0.25) is 0 Å². The van der Waals surface area contributed by atoms with Crippen molar-refractivity contribution in [1.29, 1.82) is 0 Å². The Morgan fingerprint density at radius 1 is 1.00 bits per heavy atom. The first-order chi connectivity index (χ1) is 16.6. The fraction of sp³-hybridized carbons (Fsp3) is 0.360. The van der Waals surface area contributed by atoms with Gasteiger partial charge in [0.1, 0.15) is 5.60 Å². The summed E-state index contributed by atoms with van der Waals surface area (Å²) in [6, 6.07) is 9.78. The molecule has 2 aliphatic rings. The van der Waals surface area contributed by atoms with E-state index in [0.29, 0.717) is 37.7 Å². The molecule has 10 heteroatoms. The van der Waals surface area contributed by atoms with E-state index in [0.717, 1.165) is 5.56 Å². The van der Waals surface area contributed by atoms with E-state index in [1.807, 2.05) is 0 Å². The summed E-state index contributed by atoms with van der Waals surface area (Å²) < 4.78 is 16.1. The van der Waals surface area contributed by atoms with Gasteiger partial charge in [-0.25, -0.2) is 4.79 Å². The van der Waals surface area contributed by atoms with Gasteiger partial charge in [-0.1, -0.05) is 18.2 Å². The molecule has 1 fully saturated rings. The van der Waals surface area contributed by atoms with Gasteiger partial charge >= 0.3 is 6.09 Å². The maximum Gasteiger partial charge on any atom is 0.410 e. The minimum Gasteiger partial charge on any atom is -0.454 e. The van der Waals surface area contributed by atoms with E-state index in [9.17, 15) is 19.7 Å². The number of benzene rings is 2. The zero-order valence-electron chi connectivity index (χ0n) is 19.9. The summed E-state index contributed by atoms with van der Waals surface area (Å²) in [6.07, 6.45) is 2.84. The molecule has 0 N–H and O–H groups in total. The van der Waals surface area contributed by atoms with Crippen LogP contribution in [0.1, 0.15) is 42.3 Å². The fourth-order valence-corrected chi connectivity index (χ4v) is 3.86. The quantitative estimate of drug-likeness (QED) is 0.366. The highest BCUT2D eigenvalue weighted by Crippen LogP contribution is 2.33. The number of rotatable bonds is 4. The van der Waals surface area contributed by atoms with E-state index in [2.05, 4.69) is 0 Å². The molecule has 0 aromatic heterocycles. The lowest BCUT2D eigenvalue weighted by molar-refractivity contribution is -0.385. The molecule has 1 saturated heterocycles. The topological polar surface area (TPSA) is 111 Å². The standard InChI is InChI=1S/C25H27N3O7/c1-25(2,3)35-24(30)27-13-11-26(12-14-27)23(29)19-5-4-6-20(28(31)32)18(19)9-7-17-8-10-21-22(15-17)34-16-33-21/h4-10,15H,11-14,16H2,1-3H3/b9-7+. The minimum absolute atomic E-state index is 0.145. The van der Waals surface area contributed by atoms with Crippen LogP contribution < -0.4 is 9.47 Å². The number of ether oxygens (including phenoxy) is 3. The van der Waals surface area contributed by atoms with Crippen molar-refractivity contribution in [3.8, 4) is 11.5 Å². The van der Waals surface area contributed by atoms with Crippen molar-refractivity contribution in [3.05, 3.63) is 63.2 Å². The smallest absolute Gasteiger partial charge is 0.410 e. The van der Waals surface area contributed by atoms with Gasteiger partial charge in [0.2, 0.25) is 6.79 Å². The molecular weight excluding hydrogens is 454 g/mol. The first-order valence-electron chi connectivity index (χ1n) is 11.2. The summed E-state index contributed by atoms with van der Waals surface area (Å²) >= 11 is 0. The fourth-order valence-electron chi connectivity index (χ4n) is 3.86. The molecule has 0 atom stereocenters. The van der Waals surface area contributed by atoms with E-state index in [-0.39, 0.29) is 29.5 Å². The summed E-state index contributed by atoms with van der Waals surface area (Å²) in [4.78, 5) is 40.1. The molecule has 10 nitrogen and oxygen atoms in total. The molecule has 0 spiro atoms. The Labute approximate surface area is 202 Å². The van der Waals surface area contributed by atoms with Gasteiger partial charge in [0.05, 0.1) is 16.1 Å². The second-order valence-corrected chi connectivity index (χ2v) is 9.20.